The summed E-state index contributed by atoms with van der Waals surface area (Å²) < 4.78 is 106. The predicted molar refractivity (Wildman–Crippen MR) is 394 cm³/mol. The molecule has 28 nitrogen and oxygen atoms in total. The van der Waals surface area contributed by atoms with Gasteiger partial charge >= 0.3 is 17.9 Å². The van der Waals surface area contributed by atoms with Crippen molar-refractivity contribution >= 4 is 35.6 Å². The fraction of sp³-hybridized carbons (Fsp3) is 0.696. The maximum Gasteiger partial charge on any atom is 0.338 e. The summed E-state index contributed by atoms with van der Waals surface area (Å²) in [6.07, 6.45) is -2.22. The average Bonchev–Trinajstić information content (AvgIpc) is 0.826. The summed E-state index contributed by atoms with van der Waals surface area (Å²) in [6.45, 7) is 24.7. The zero-order valence-corrected chi connectivity index (χ0v) is 64.4. The lowest BCUT2D eigenvalue weighted by Gasteiger charge is -2.43. The van der Waals surface area contributed by atoms with Crippen LogP contribution in [0.5, 0.6) is 0 Å². The highest BCUT2D eigenvalue weighted by atomic mass is 16.7. The number of rotatable bonds is 54. The summed E-state index contributed by atoms with van der Waals surface area (Å²) in [5, 5.41) is 8.45. The first-order valence-electron chi connectivity index (χ1n) is 38.0. The molecule has 6 unspecified atom stereocenters. The molecule has 5 N–H and O–H groups in total. The van der Waals surface area contributed by atoms with Crippen LogP contribution >= 0.6 is 0 Å². The lowest BCUT2D eigenvalue weighted by Crippen LogP contribution is -2.53. The molecule has 0 radical (unpaired) electrons. The van der Waals surface area contributed by atoms with E-state index in [9.17, 15) is 28.8 Å². The number of carbonyl (C=O) groups is 6. The molecule has 0 aliphatic carbocycles. The molecule has 28 heteroatoms. The van der Waals surface area contributed by atoms with Gasteiger partial charge in [0.15, 0.2) is 18.9 Å². The highest BCUT2D eigenvalue weighted by Crippen LogP contribution is 2.38. The van der Waals surface area contributed by atoms with Gasteiger partial charge in [0.2, 0.25) is 17.7 Å². The van der Waals surface area contributed by atoms with E-state index in [1.54, 1.807) is 72.8 Å². The maximum atomic E-state index is 12.7. The van der Waals surface area contributed by atoms with Crippen LogP contribution in [-0.2, 0) is 99.6 Å². The molecule has 3 amide bonds. The van der Waals surface area contributed by atoms with Crippen LogP contribution < -0.4 is 21.7 Å². The molecule has 3 saturated heterocycles. The van der Waals surface area contributed by atoms with E-state index in [0.717, 1.165) is 0 Å². The van der Waals surface area contributed by atoms with Crippen molar-refractivity contribution in [3.63, 3.8) is 0 Å². The molecular formula is C79H122N4O24. The summed E-state index contributed by atoms with van der Waals surface area (Å²) in [5.74, 6) is -0.296. The molecule has 3 aliphatic heterocycles. The molecule has 3 aromatic carbocycles. The number of nitrogens with one attached hydrogen (secondary N) is 3. The first-order chi connectivity index (χ1) is 51.7. The van der Waals surface area contributed by atoms with Gasteiger partial charge in [0.25, 0.3) is 0 Å². The molecule has 3 fully saturated rings. The summed E-state index contributed by atoms with van der Waals surface area (Å²) in [7, 11) is 0. The topological polar surface area (TPSA) is 331 Å². The Labute approximate surface area is 632 Å². The van der Waals surface area contributed by atoms with Gasteiger partial charge in [-0.15, -0.1) is 0 Å². The van der Waals surface area contributed by atoms with E-state index in [4.69, 9.17) is 91.0 Å². The smallest absolute Gasteiger partial charge is 0.338 e. The third-order valence-corrected chi connectivity index (χ3v) is 20.1. The number of nitrogens with two attached hydrogens (primary N) is 1. The third kappa shape index (κ3) is 33.9. The lowest BCUT2D eigenvalue weighted by atomic mass is 9.79. The largest absolute Gasteiger partial charge is 0.459 e. The summed E-state index contributed by atoms with van der Waals surface area (Å²) in [6, 6.07) is 26.6. The van der Waals surface area contributed by atoms with E-state index in [2.05, 4.69) is 78.3 Å². The first kappa shape index (κ1) is 89.7. The summed E-state index contributed by atoms with van der Waals surface area (Å²) in [4.78, 5) is 75.9. The average molecular weight is 1510 g/mol. The number of benzene rings is 3. The van der Waals surface area contributed by atoms with E-state index in [1.807, 2.05) is 18.2 Å². The van der Waals surface area contributed by atoms with Crippen LogP contribution in [0.25, 0.3) is 0 Å². The van der Waals surface area contributed by atoms with Crippen molar-refractivity contribution in [3.8, 4) is 0 Å². The first-order valence-corrected chi connectivity index (χ1v) is 38.0. The Morgan fingerprint density at radius 1 is 0.318 bits per heavy atom. The molecule has 3 heterocycles. The van der Waals surface area contributed by atoms with E-state index in [0.29, 0.717) is 96.0 Å². The second kappa shape index (κ2) is 51.3. The fourth-order valence-corrected chi connectivity index (χ4v) is 12.2. The van der Waals surface area contributed by atoms with Crippen molar-refractivity contribution in [2.45, 2.75) is 124 Å². The van der Waals surface area contributed by atoms with Gasteiger partial charge in [-0.2, -0.15) is 0 Å². The highest BCUT2D eigenvalue weighted by molar-refractivity contribution is 5.90. The Hall–Kier alpha value is -6.16. The van der Waals surface area contributed by atoms with E-state index in [1.165, 1.54) is 0 Å². The van der Waals surface area contributed by atoms with Gasteiger partial charge in [-0.25, -0.2) is 14.4 Å². The SMILES string of the molecule is CC1[C@@H](OCCOCCOCCNC(=O)CCOCC(N)(COCCC(=O)NCCOCCOCCO[C@H]2OC(COC(=O)c3ccccc3)[C@@H](C)[C@H](C)C2C)COCCC(=O)NCCOCCOCCO[C@H]2OC(COC(=O)c3ccccc3)[C@@H](C)[C@H](C)C2C)OC(COC(=O)c2ccccc2)[C@@H](C)[C@@H]1C. The van der Waals surface area contributed by atoms with Crippen LogP contribution in [-0.4, -0.2) is 257 Å². The number of carbonyl (C=O) groups excluding carboxylic acids is 6. The van der Waals surface area contributed by atoms with Crippen molar-refractivity contribution in [1.82, 2.24) is 16.0 Å². The molecule has 107 heavy (non-hydrogen) atoms. The molecule has 0 bridgehead atoms. The van der Waals surface area contributed by atoms with Gasteiger partial charge in [-0.05, 0) is 71.9 Å². The van der Waals surface area contributed by atoms with Crippen LogP contribution in [0, 0.1) is 53.3 Å². The Morgan fingerprint density at radius 2 is 0.561 bits per heavy atom. The fourth-order valence-electron chi connectivity index (χ4n) is 12.2. The second-order valence-corrected chi connectivity index (χ2v) is 27.9. The molecule has 0 aromatic heterocycles. The summed E-state index contributed by atoms with van der Waals surface area (Å²) >= 11 is 0. The van der Waals surface area contributed by atoms with Crippen molar-refractivity contribution in [3.05, 3.63) is 108 Å². The molecule has 3 aliphatic rings. The highest BCUT2D eigenvalue weighted by Gasteiger charge is 2.43. The van der Waals surface area contributed by atoms with Crippen LogP contribution in [0.3, 0.4) is 0 Å². The Balaban J connectivity index is 0.803. The van der Waals surface area contributed by atoms with Crippen molar-refractivity contribution in [1.29, 1.82) is 0 Å². The monoisotopic (exact) mass is 1510 g/mol. The van der Waals surface area contributed by atoms with Crippen LogP contribution in [0.2, 0.25) is 0 Å². The number of ether oxygens (including phenoxy) is 18. The zero-order chi connectivity index (χ0) is 77.0. The molecule has 3 aromatic rings. The molecule has 0 saturated carbocycles. The van der Waals surface area contributed by atoms with Crippen molar-refractivity contribution < 1.29 is 114 Å². The normalized spacial score (nSPS) is 24.9. The number of esters is 3. The quantitative estimate of drug-likeness (QED) is 0.0254. The number of hydrogen-bond donors (Lipinski definition) is 4. The van der Waals surface area contributed by atoms with Crippen molar-refractivity contribution in [2.75, 3.05) is 178 Å². The summed E-state index contributed by atoms with van der Waals surface area (Å²) in [5.41, 5.74) is 7.03. The van der Waals surface area contributed by atoms with Gasteiger partial charge in [-0.3, -0.25) is 14.4 Å². The number of amides is 3. The standard InChI is InChI=1S/C79H122N4O24/c1-55-58(4)67(49-102-73(87)64-19-13-10-14-20-64)105-76(61(55)7)99-46-43-93-40-37-90-34-28-81-70(84)25-31-96-52-79(80,53-97-32-26-71(85)82-29-35-91-38-41-94-44-47-100-77-62(8)56(2)59(5)68(106-77)50-103-74(88)65-21-15-11-16-22-65)54-98-33-27-72(86)83-30-36-92-39-42-95-45-48-101-78-63(9)57(3)60(6)69(107-78)51-104-75(89)66-23-17-12-18-24-66/h10-24,55-63,67-69,76-78H,25-54,80H2,1-9H3,(H,81,84)(H,82,85)(H,83,86)/t55-,56-,57-,58-,59-,60-,61?,62?,63?,67?,68?,69?,76-,77-,78-,79?/m0/s1. The molecule has 15 atom stereocenters. The van der Waals surface area contributed by atoms with Gasteiger partial charge < -0.3 is 107 Å². The van der Waals surface area contributed by atoms with E-state index >= 15 is 0 Å². The van der Waals surface area contributed by atoms with Crippen molar-refractivity contribution in [2.24, 2.45) is 59.0 Å². The van der Waals surface area contributed by atoms with Crippen LogP contribution in [0.15, 0.2) is 91.0 Å². The second-order valence-electron chi connectivity index (χ2n) is 27.9. The van der Waals surface area contributed by atoms with Gasteiger partial charge in [0.1, 0.15) is 19.8 Å². The van der Waals surface area contributed by atoms with E-state index in [-0.39, 0.29) is 207 Å². The van der Waals surface area contributed by atoms with Gasteiger partial charge in [0.05, 0.1) is 179 Å². The minimum Gasteiger partial charge on any atom is -0.459 e. The minimum absolute atomic E-state index is 0.0439. The van der Waals surface area contributed by atoms with Crippen LogP contribution in [0.4, 0.5) is 0 Å². The Bertz CT molecular complexity index is 2640. The molecule has 602 valence electrons. The lowest BCUT2D eigenvalue weighted by molar-refractivity contribution is -0.256. The van der Waals surface area contributed by atoms with Gasteiger partial charge in [0, 0.05) is 56.7 Å². The van der Waals surface area contributed by atoms with Gasteiger partial charge in [-0.1, -0.05) is 117 Å². The minimum atomic E-state index is -1.20. The Morgan fingerprint density at radius 3 is 0.822 bits per heavy atom. The molecule has 6 rings (SSSR count). The van der Waals surface area contributed by atoms with E-state index < -0.39 is 42.3 Å². The number of hydrogen-bond acceptors (Lipinski definition) is 25. The Kier molecular flexibility index (Phi) is 43.1. The zero-order valence-electron chi connectivity index (χ0n) is 64.4. The molecular weight excluding hydrogens is 1390 g/mol. The predicted octanol–water partition coefficient (Wildman–Crippen LogP) is 6.87. The van der Waals surface area contributed by atoms with Crippen LogP contribution in [0.1, 0.15) is 113 Å². The molecule has 0 spiro atoms. The third-order valence-electron chi connectivity index (χ3n) is 20.1. The maximum absolute atomic E-state index is 12.7.